The summed E-state index contributed by atoms with van der Waals surface area (Å²) in [5.41, 5.74) is 2.20. The van der Waals surface area contributed by atoms with Crippen molar-refractivity contribution in [3.05, 3.63) is 36.0 Å². The summed E-state index contributed by atoms with van der Waals surface area (Å²) in [4.78, 5) is 14.5. The molecular formula is C16H20N2O2. The number of aromatic nitrogens is 1. The number of para-hydroxylation sites is 1. The van der Waals surface area contributed by atoms with Gasteiger partial charge in [0.05, 0.1) is 7.11 Å². The molecule has 0 spiro atoms. The number of carbonyl (C=O) groups is 1. The Morgan fingerprint density at radius 1 is 1.25 bits per heavy atom. The van der Waals surface area contributed by atoms with Gasteiger partial charge in [-0.2, -0.15) is 0 Å². The first-order valence-electron chi connectivity index (χ1n) is 7.08. The van der Waals surface area contributed by atoms with Crippen LogP contribution in [0.4, 0.5) is 0 Å². The molecule has 1 atom stereocenters. The number of nitrogens with zero attached hydrogens (tertiary/aromatic N) is 2. The first-order chi connectivity index (χ1) is 9.72. The molecule has 0 radical (unpaired) electrons. The minimum atomic E-state index is -0.284. The summed E-state index contributed by atoms with van der Waals surface area (Å²) in [7, 11) is 3.49. The van der Waals surface area contributed by atoms with E-state index in [0.717, 1.165) is 42.4 Å². The molecule has 0 saturated carbocycles. The second-order valence-electron chi connectivity index (χ2n) is 5.38. The minimum absolute atomic E-state index is 0.164. The topological polar surface area (TPSA) is 34.5 Å². The molecule has 1 unspecified atom stereocenters. The van der Waals surface area contributed by atoms with Crippen molar-refractivity contribution in [1.29, 1.82) is 0 Å². The molecule has 0 amide bonds. The number of fused-ring (bicyclic) bond motifs is 1. The lowest BCUT2D eigenvalue weighted by Gasteiger charge is -2.24. The summed E-state index contributed by atoms with van der Waals surface area (Å²) in [5, 5.41) is 1.14. The summed E-state index contributed by atoms with van der Waals surface area (Å²) in [6.07, 6.45) is 4.36. The average molecular weight is 272 g/mol. The number of carbonyl (C=O) groups excluding carboxylic acids is 1. The zero-order valence-electron chi connectivity index (χ0n) is 12.0. The standard InChI is InChI=1S/C16H20N2O2/c1-17-11-13(12-7-3-4-8-14(12)17)15(16(19)20-2)18-9-5-6-10-18/h3-4,7-8,11,15H,5-6,9-10H2,1-2H3. The lowest BCUT2D eigenvalue weighted by Crippen LogP contribution is -2.32. The van der Waals surface area contributed by atoms with Crippen LogP contribution in [0, 0.1) is 0 Å². The van der Waals surface area contributed by atoms with E-state index in [0.29, 0.717) is 0 Å². The third kappa shape index (κ3) is 2.10. The molecule has 1 saturated heterocycles. The highest BCUT2D eigenvalue weighted by atomic mass is 16.5. The van der Waals surface area contributed by atoms with E-state index < -0.39 is 0 Å². The Balaban J connectivity index is 2.11. The second-order valence-corrected chi connectivity index (χ2v) is 5.38. The van der Waals surface area contributed by atoms with Gasteiger partial charge < -0.3 is 9.30 Å². The first-order valence-corrected chi connectivity index (χ1v) is 7.08. The molecule has 0 aliphatic carbocycles. The van der Waals surface area contributed by atoms with Crippen LogP contribution in [0.15, 0.2) is 30.5 Å². The molecule has 3 rings (SSSR count). The number of methoxy groups -OCH3 is 1. The molecule has 4 heteroatoms. The van der Waals surface area contributed by atoms with Crippen LogP contribution < -0.4 is 0 Å². The molecule has 2 aromatic rings. The van der Waals surface area contributed by atoms with Crippen molar-refractivity contribution in [2.24, 2.45) is 7.05 Å². The van der Waals surface area contributed by atoms with Crippen molar-refractivity contribution in [1.82, 2.24) is 9.47 Å². The molecule has 1 aliphatic rings. The van der Waals surface area contributed by atoms with Crippen molar-refractivity contribution in [3.63, 3.8) is 0 Å². The number of hydrogen-bond acceptors (Lipinski definition) is 3. The summed E-state index contributed by atoms with van der Waals surface area (Å²) in [5.74, 6) is -0.164. The Bertz CT molecular complexity index is 626. The van der Waals surface area contributed by atoms with Crippen LogP contribution in [0.2, 0.25) is 0 Å². The van der Waals surface area contributed by atoms with Gasteiger partial charge in [0.1, 0.15) is 6.04 Å². The van der Waals surface area contributed by atoms with Crippen LogP contribution in [0.1, 0.15) is 24.4 Å². The van der Waals surface area contributed by atoms with Gasteiger partial charge in [-0.05, 0) is 32.0 Å². The Labute approximate surface area is 118 Å². The van der Waals surface area contributed by atoms with Crippen molar-refractivity contribution < 1.29 is 9.53 Å². The molecule has 2 heterocycles. The van der Waals surface area contributed by atoms with Gasteiger partial charge in [-0.3, -0.25) is 4.90 Å². The van der Waals surface area contributed by atoms with E-state index in [9.17, 15) is 4.79 Å². The summed E-state index contributed by atoms with van der Waals surface area (Å²) >= 11 is 0. The molecule has 1 fully saturated rings. The van der Waals surface area contributed by atoms with E-state index in [-0.39, 0.29) is 12.0 Å². The van der Waals surface area contributed by atoms with Gasteiger partial charge in [0, 0.05) is 29.7 Å². The highest BCUT2D eigenvalue weighted by molar-refractivity contribution is 5.90. The number of likely N-dealkylation sites (tertiary alicyclic amines) is 1. The van der Waals surface area contributed by atoms with Crippen LogP contribution in [-0.2, 0) is 16.6 Å². The molecule has 1 aromatic heterocycles. The van der Waals surface area contributed by atoms with Gasteiger partial charge in [-0.15, -0.1) is 0 Å². The maximum absolute atomic E-state index is 12.3. The second kappa shape index (κ2) is 5.29. The Hall–Kier alpha value is -1.81. The van der Waals surface area contributed by atoms with Crippen molar-refractivity contribution in [2.45, 2.75) is 18.9 Å². The molecule has 20 heavy (non-hydrogen) atoms. The van der Waals surface area contributed by atoms with Crippen LogP contribution in [-0.4, -0.2) is 35.6 Å². The van der Waals surface area contributed by atoms with Crippen molar-refractivity contribution >= 4 is 16.9 Å². The summed E-state index contributed by atoms with van der Waals surface area (Å²) in [6, 6.07) is 7.92. The predicted octanol–water partition coefficient (Wildman–Crippen LogP) is 2.49. The van der Waals surface area contributed by atoms with Crippen molar-refractivity contribution in [2.75, 3.05) is 20.2 Å². The van der Waals surface area contributed by atoms with Gasteiger partial charge in [-0.25, -0.2) is 4.79 Å². The van der Waals surface area contributed by atoms with Gasteiger partial charge in [-0.1, -0.05) is 18.2 Å². The molecule has 1 aliphatic heterocycles. The number of benzene rings is 1. The maximum atomic E-state index is 12.3. The molecular weight excluding hydrogens is 252 g/mol. The van der Waals surface area contributed by atoms with Gasteiger partial charge >= 0.3 is 5.97 Å². The maximum Gasteiger partial charge on any atom is 0.327 e. The number of aryl methyl sites for hydroxylation is 1. The first kappa shape index (κ1) is 13.2. The van der Waals surface area contributed by atoms with Gasteiger partial charge in [0.2, 0.25) is 0 Å². The molecule has 0 N–H and O–H groups in total. The fourth-order valence-corrected chi connectivity index (χ4v) is 3.18. The van der Waals surface area contributed by atoms with Crippen molar-refractivity contribution in [3.8, 4) is 0 Å². The Kier molecular flexibility index (Phi) is 3.49. The normalized spacial score (nSPS) is 17.5. The highest BCUT2D eigenvalue weighted by Crippen LogP contribution is 2.32. The number of ether oxygens (including phenoxy) is 1. The van der Waals surface area contributed by atoms with Gasteiger partial charge in [0.15, 0.2) is 0 Å². The monoisotopic (exact) mass is 272 g/mol. The van der Waals surface area contributed by atoms with E-state index in [4.69, 9.17) is 4.74 Å². The largest absolute Gasteiger partial charge is 0.468 e. The average Bonchev–Trinajstić information content (AvgIpc) is 3.09. The lowest BCUT2D eigenvalue weighted by molar-refractivity contribution is -0.146. The van der Waals surface area contributed by atoms with E-state index in [1.807, 2.05) is 19.2 Å². The smallest absolute Gasteiger partial charge is 0.327 e. The lowest BCUT2D eigenvalue weighted by atomic mass is 10.0. The van der Waals surface area contributed by atoms with Gasteiger partial charge in [0.25, 0.3) is 0 Å². The van der Waals surface area contributed by atoms with Crippen LogP contribution >= 0.6 is 0 Å². The highest BCUT2D eigenvalue weighted by Gasteiger charge is 2.32. The fraction of sp³-hybridized carbons (Fsp3) is 0.438. The van der Waals surface area contributed by atoms with Crippen LogP contribution in [0.25, 0.3) is 10.9 Å². The minimum Gasteiger partial charge on any atom is -0.468 e. The van der Waals surface area contributed by atoms with Crippen LogP contribution in [0.5, 0.6) is 0 Å². The third-order valence-corrected chi connectivity index (χ3v) is 4.15. The Morgan fingerprint density at radius 3 is 2.65 bits per heavy atom. The predicted molar refractivity (Wildman–Crippen MR) is 78.5 cm³/mol. The number of hydrogen-bond donors (Lipinski definition) is 0. The quantitative estimate of drug-likeness (QED) is 0.805. The molecule has 4 nitrogen and oxygen atoms in total. The zero-order chi connectivity index (χ0) is 14.1. The zero-order valence-corrected chi connectivity index (χ0v) is 12.0. The molecule has 106 valence electrons. The number of esters is 1. The van der Waals surface area contributed by atoms with E-state index >= 15 is 0 Å². The molecule has 0 bridgehead atoms. The fourth-order valence-electron chi connectivity index (χ4n) is 3.18. The SMILES string of the molecule is COC(=O)C(c1cn(C)c2ccccc12)N1CCCC1. The number of rotatable bonds is 3. The Morgan fingerprint density at radius 2 is 1.95 bits per heavy atom. The summed E-state index contributed by atoms with van der Waals surface area (Å²) in [6.45, 7) is 1.92. The van der Waals surface area contributed by atoms with E-state index in [1.54, 1.807) is 0 Å². The summed E-state index contributed by atoms with van der Waals surface area (Å²) < 4.78 is 7.13. The third-order valence-electron chi connectivity index (χ3n) is 4.15. The van der Waals surface area contributed by atoms with E-state index in [2.05, 4.69) is 27.8 Å². The molecule has 1 aromatic carbocycles. The van der Waals surface area contributed by atoms with Crippen LogP contribution in [0.3, 0.4) is 0 Å². The van der Waals surface area contributed by atoms with E-state index in [1.165, 1.54) is 7.11 Å².